The summed E-state index contributed by atoms with van der Waals surface area (Å²) < 4.78 is 0. The summed E-state index contributed by atoms with van der Waals surface area (Å²) in [5.41, 5.74) is 2.01. The number of hydrogen-bond acceptors (Lipinski definition) is 2. The lowest BCUT2D eigenvalue weighted by Crippen LogP contribution is -2.48. The van der Waals surface area contributed by atoms with Gasteiger partial charge in [-0.05, 0) is 67.9 Å². The van der Waals surface area contributed by atoms with Crippen molar-refractivity contribution in [3.8, 4) is 0 Å². The van der Waals surface area contributed by atoms with Crippen molar-refractivity contribution in [1.82, 2.24) is 9.80 Å². The molecule has 1 unspecified atom stereocenters. The third-order valence-electron chi connectivity index (χ3n) is 6.44. The Hall–Kier alpha value is -2.33. The van der Waals surface area contributed by atoms with Crippen molar-refractivity contribution >= 4 is 23.4 Å². The SMILES string of the molecule is O=C(c1ccc(Cl)cc1)N1CCCC(C(=O)N2CCC(Cc3ccccc3)CC2)C1. The molecule has 2 saturated heterocycles. The van der Waals surface area contributed by atoms with E-state index in [4.69, 9.17) is 11.6 Å². The Labute approximate surface area is 183 Å². The monoisotopic (exact) mass is 424 g/mol. The fourth-order valence-electron chi connectivity index (χ4n) is 4.70. The molecular weight excluding hydrogens is 396 g/mol. The van der Waals surface area contributed by atoms with Crippen molar-refractivity contribution < 1.29 is 9.59 Å². The average Bonchev–Trinajstić information content (AvgIpc) is 2.80. The van der Waals surface area contributed by atoms with Crippen LogP contribution in [0.5, 0.6) is 0 Å². The van der Waals surface area contributed by atoms with E-state index in [0.717, 1.165) is 45.2 Å². The Morgan fingerprint density at radius 3 is 2.27 bits per heavy atom. The van der Waals surface area contributed by atoms with E-state index in [0.29, 0.717) is 29.6 Å². The van der Waals surface area contributed by atoms with Gasteiger partial charge in [-0.2, -0.15) is 0 Å². The number of benzene rings is 2. The van der Waals surface area contributed by atoms with Crippen molar-refractivity contribution in [1.29, 1.82) is 0 Å². The lowest BCUT2D eigenvalue weighted by molar-refractivity contribution is -0.138. The van der Waals surface area contributed by atoms with E-state index in [1.54, 1.807) is 24.3 Å². The smallest absolute Gasteiger partial charge is 0.253 e. The summed E-state index contributed by atoms with van der Waals surface area (Å²) in [4.78, 5) is 29.8. The van der Waals surface area contributed by atoms with Crippen molar-refractivity contribution in [3.63, 3.8) is 0 Å². The van der Waals surface area contributed by atoms with Crippen molar-refractivity contribution in [2.75, 3.05) is 26.2 Å². The largest absolute Gasteiger partial charge is 0.342 e. The van der Waals surface area contributed by atoms with Crippen LogP contribution in [0.2, 0.25) is 5.02 Å². The topological polar surface area (TPSA) is 40.6 Å². The van der Waals surface area contributed by atoms with E-state index in [2.05, 4.69) is 30.3 Å². The molecule has 0 N–H and O–H groups in total. The number of amides is 2. The molecule has 4 nitrogen and oxygen atoms in total. The molecule has 4 rings (SSSR count). The van der Waals surface area contributed by atoms with Crippen LogP contribution in [0.25, 0.3) is 0 Å². The van der Waals surface area contributed by atoms with Gasteiger partial charge in [0.15, 0.2) is 0 Å². The number of hydrogen-bond donors (Lipinski definition) is 0. The number of halogens is 1. The van der Waals surface area contributed by atoms with Gasteiger partial charge < -0.3 is 9.80 Å². The molecule has 2 aromatic carbocycles. The van der Waals surface area contributed by atoms with Gasteiger partial charge >= 0.3 is 0 Å². The number of likely N-dealkylation sites (tertiary alicyclic amines) is 2. The first-order valence-electron chi connectivity index (χ1n) is 11.0. The third kappa shape index (κ3) is 5.04. The van der Waals surface area contributed by atoms with Crippen molar-refractivity contribution in [2.24, 2.45) is 11.8 Å². The average molecular weight is 425 g/mol. The normalized spacial score (nSPS) is 20.2. The van der Waals surface area contributed by atoms with E-state index >= 15 is 0 Å². The highest BCUT2D eigenvalue weighted by Gasteiger charge is 2.33. The van der Waals surface area contributed by atoms with Crippen molar-refractivity contribution in [3.05, 3.63) is 70.7 Å². The summed E-state index contributed by atoms with van der Waals surface area (Å²) in [5.74, 6) is 0.777. The van der Waals surface area contributed by atoms with Gasteiger partial charge in [0.2, 0.25) is 5.91 Å². The van der Waals surface area contributed by atoms with Crippen molar-refractivity contribution in [2.45, 2.75) is 32.1 Å². The molecule has 1 atom stereocenters. The predicted molar refractivity (Wildman–Crippen MR) is 120 cm³/mol. The first kappa shape index (κ1) is 20.9. The number of rotatable bonds is 4. The van der Waals surface area contributed by atoms with E-state index in [1.165, 1.54) is 5.56 Å². The summed E-state index contributed by atoms with van der Waals surface area (Å²) in [6.07, 6.45) is 4.95. The van der Waals surface area contributed by atoms with Gasteiger partial charge in [-0.3, -0.25) is 9.59 Å². The Kier molecular flexibility index (Phi) is 6.73. The predicted octanol–water partition coefficient (Wildman–Crippen LogP) is 4.67. The molecule has 2 aliphatic heterocycles. The van der Waals surface area contributed by atoms with E-state index in [-0.39, 0.29) is 17.7 Å². The van der Waals surface area contributed by atoms with Crippen LogP contribution >= 0.6 is 11.6 Å². The van der Waals surface area contributed by atoms with Gasteiger partial charge in [0.1, 0.15) is 0 Å². The first-order chi connectivity index (χ1) is 14.6. The second kappa shape index (κ2) is 9.65. The maximum absolute atomic E-state index is 13.1. The van der Waals surface area contributed by atoms with Gasteiger partial charge in [-0.15, -0.1) is 0 Å². The lowest BCUT2D eigenvalue weighted by atomic mass is 9.89. The molecule has 5 heteroatoms. The Morgan fingerprint density at radius 1 is 0.867 bits per heavy atom. The van der Waals surface area contributed by atoms with Crippen LogP contribution in [0.15, 0.2) is 54.6 Å². The summed E-state index contributed by atoms with van der Waals surface area (Å²) in [6.45, 7) is 2.89. The molecule has 0 radical (unpaired) electrons. The van der Waals surface area contributed by atoms with Gasteiger partial charge in [-0.25, -0.2) is 0 Å². The minimum atomic E-state index is -0.0827. The van der Waals surface area contributed by atoms with E-state index in [9.17, 15) is 9.59 Å². The minimum Gasteiger partial charge on any atom is -0.342 e. The minimum absolute atomic E-state index is 0.00858. The lowest BCUT2D eigenvalue weighted by Gasteiger charge is -2.38. The fraction of sp³-hybridized carbons (Fsp3) is 0.440. The second-order valence-electron chi connectivity index (χ2n) is 8.56. The standard InChI is InChI=1S/C25H29ClN2O2/c26-23-10-8-21(9-11-23)24(29)28-14-4-7-22(18-28)25(30)27-15-12-20(13-16-27)17-19-5-2-1-3-6-19/h1-3,5-6,8-11,20,22H,4,7,12-18H2. The molecular formula is C25H29ClN2O2. The molecule has 2 amide bonds. The van der Waals surface area contributed by atoms with Gasteiger partial charge in [-0.1, -0.05) is 41.9 Å². The quantitative estimate of drug-likeness (QED) is 0.715. The van der Waals surface area contributed by atoms with E-state index < -0.39 is 0 Å². The van der Waals surface area contributed by atoms with Gasteiger partial charge in [0, 0.05) is 36.8 Å². The van der Waals surface area contributed by atoms with Crippen LogP contribution < -0.4 is 0 Å². The number of carbonyl (C=O) groups is 2. The first-order valence-corrected chi connectivity index (χ1v) is 11.4. The summed E-state index contributed by atoms with van der Waals surface area (Å²) >= 11 is 5.93. The zero-order chi connectivity index (χ0) is 20.9. The van der Waals surface area contributed by atoms with E-state index in [1.807, 2.05) is 9.80 Å². The number of nitrogens with zero attached hydrogens (tertiary/aromatic N) is 2. The molecule has 0 aliphatic carbocycles. The molecule has 2 fully saturated rings. The summed E-state index contributed by atoms with van der Waals surface area (Å²) in [7, 11) is 0. The molecule has 0 bridgehead atoms. The number of piperidine rings is 2. The Balaban J connectivity index is 1.30. The zero-order valence-electron chi connectivity index (χ0n) is 17.3. The fourth-order valence-corrected chi connectivity index (χ4v) is 4.83. The highest BCUT2D eigenvalue weighted by atomic mass is 35.5. The summed E-state index contributed by atoms with van der Waals surface area (Å²) in [5, 5.41) is 0.619. The molecule has 0 aromatic heterocycles. The molecule has 2 aromatic rings. The second-order valence-corrected chi connectivity index (χ2v) is 8.99. The molecule has 0 spiro atoms. The molecule has 30 heavy (non-hydrogen) atoms. The maximum Gasteiger partial charge on any atom is 0.253 e. The highest BCUT2D eigenvalue weighted by Crippen LogP contribution is 2.26. The third-order valence-corrected chi connectivity index (χ3v) is 6.69. The molecule has 158 valence electrons. The van der Waals surface area contributed by atoms with Crippen LogP contribution in [0.1, 0.15) is 41.6 Å². The maximum atomic E-state index is 13.1. The zero-order valence-corrected chi connectivity index (χ0v) is 18.1. The van der Waals surface area contributed by atoms with Gasteiger partial charge in [0.05, 0.1) is 5.92 Å². The van der Waals surface area contributed by atoms with Gasteiger partial charge in [0.25, 0.3) is 5.91 Å². The molecule has 2 aliphatic rings. The Morgan fingerprint density at radius 2 is 1.57 bits per heavy atom. The van der Waals surface area contributed by atoms with Crippen LogP contribution in [-0.4, -0.2) is 47.8 Å². The number of carbonyl (C=O) groups excluding carboxylic acids is 2. The van der Waals surface area contributed by atoms with Crippen LogP contribution in [-0.2, 0) is 11.2 Å². The van der Waals surface area contributed by atoms with Crippen LogP contribution in [0.4, 0.5) is 0 Å². The Bertz CT molecular complexity index is 860. The molecule has 2 heterocycles. The highest BCUT2D eigenvalue weighted by molar-refractivity contribution is 6.30. The summed E-state index contributed by atoms with van der Waals surface area (Å²) in [6, 6.07) is 17.6. The van der Waals surface area contributed by atoms with Crippen LogP contribution in [0.3, 0.4) is 0 Å². The van der Waals surface area contributed by atoms with Crippen LogP contribution in [0, 0.1) is 11.8 Å². The molecule has 0 saturated carbocycles.